The average molecular weight is 712 g/mol. The van der Waals surface area contributed by atoms with Crippen LogP contribution < -0.4 is 4.90 Å². The second kappa shape index (κ2) is 10.5. The number of hydrogen-bond donors (Lipinski definition) is 0. The minimum atomic E-state index is -1.40. The van der Waals surface area contributed by atoms with Crippen LogP contribution in [0.4, 0.5) is 5.69 Å². The maximum atomic E-state index is 15.9. The molecule has 0 aromatic heterocycles. The first kappa shape index (κ1) is 28.8. The van der Waals surface area contributed by atoms with Crippen molar-refractivity contribution in [3.8, 4) is 0 Å². The van der Waals surface area contributed by atoms with Gasteiger partial charge in [0.25, 0.3) is 0 Å². The summed E-state index contributed by atoms with van der Waals surface area (Å²) in [6.45, 7) is 4.08. The molecule has 1 saturated carbocycles. The number of carbonyl (C=O) groups excluding carboxylic acids is 3. The van der Waals surface area contributed by atoms with Gasteiger partial charge in [0.1, 0.15) is 0 Å². The van der Waals surface area contributed by atoms with Crippen LogP contribution in [0.1, 0.15) is 33.4 Å². The molecule has 1 heterocycles. The zero-order valence-electron chi connectivity index (χ0n) is 25.4. The highest BCUT2D eigenvalue weighted by Crippen LogP contribution is 2.74. The fourth-order valence-electron chi connectivity index (χ4n) is 8.43. The molecule has 224 valence electrons. The molecule has 8 rings (SSSR count). The number of fused-ring (bicyclic) bond motifs is 5. The van der Waals surface area contributed by atoms with Crippen LogP contribution >= 0.6 is 22.6 Å². The van der Waals surface area contributed by atoms with Gasteiger partial charge in [0.15, 0.2) is 5.78 Å². The highest BCUT2D eigenvalue weighted by atomic mass is 127. The van der Waals surface area contributed by atoms with Gasteiger partial charge < -0.3 is 0 Å². The average Bonchev–Trinajstić information content (AvgIpc) is 3.58. The minimum Gasteiger partial charge on any atom is -0.297 e. The molecular weight excluding hydrogens is 681 g/mol. The Hall–Kier alpha value is -4.62. The van der Waals surface area contributed by atoms with Gasteiger partial charge in [-0.15, -0.1) is 0 Å². The van der Waals surface area contributed by atoms with Gasteiger partial charge in [-0.05, 0) is 88.0 Å². The Labute approximate surface area is 281 Å². The molecule has 2 bridgehead atoms. The van der Waals surface area contributed by atoms with Crippen molar-refractivity contribution >= 4 is 57.0 Å². The Balaban J connectivity index is 1.56. The smallest absolute Gasteiger partial charge is 0.239 e. The third-order valence-corrected chi connectivity index (χ3v) is 10.9. The molecule has 2 amide bonds. The number of rotatable bonds is 5. The van der Waals surface area contributed by atoms with Gasteiger partial charge in [0, 0.05) is 3.57 Å². The molecule has 0 radical (unpaired) electrons. The van der Waals surface area contributed by atoms with Crippen LogP contribution in [0, 0.1) is 29.3 Å². The summed E-state index contributed by atoms with van der Waals surface area (Å²) in [4.78, 5) is 47.4. The molecule has 5 aromatic carbocycles. The van der Waals surface area contributed by atoms with Crippen LogP contribution in [0.3, 0.4) is 0 Å². The third-order valence-electron chi connectivity index (χ3n) is 10.2. The summed E-state index contributed by atoms with van der Waals surface area (Å²) in [6, 6.07) is 43.3. The van der Waals surface area contributed by atoms with Crippen LogP contribution in [0.25, 0.3) is 11.1 Å². The topological polar surface area (TPSA) is 54.5 Å². The number of ketones is 1. The molecule has 0 N–H and O–H groups in total. The number of Topliss-reactive ketones (excluding diaryl/α,β-unsaturated/α-hetero) is 1. The van der Waals surface area contributed by atoms with Crippen LogP contribution in [0.2, 0.25) is 0 Å². The van der Waals surface area contributed by atoms with E-state index in [1.165, 1.54) is 4.90 Å². The van der Waals surface area contributed by atoms with E-state index in [9.17, 15) is 0 Å². The van der Waals surface area contributed by atoms with E-state index in [4.69, 9.17) is 0 Å². The number of anilines is 1. The van der Waals surface area contributed by atoms with Crippen molar-refractivity contribution < 1.29 is 14.4 Å². The largest absolute Gasteiger partial charge is 0.297 e. The Morgan fingerprint density at radius 3 is 1.39 bits per heavy atom. The summed E-state index contributed by atoms with van der Waals surface area (Å²) in [7, 11) is 0. The maximum Gasteiger partial charge on any atom is 0.239 e. The van der Waals surface area contributed by atoms with Crippen LogP contribution in [-0.2, 0) is 25.2 Å². The van der Waals surface area contributed by atoms with Crippen molar-refractivity contribution in [2.24, 2.45) is 11.8 Å². The lowest BCUT2D eigenvalue weighted by Crippen LogP contribution is -2.45. The lowest BCUT2D eigenvalue weighted by atomic mass is 9.59. The molecule has 3 aliphatic rings. The summed E-state index contributed by atoms with van der Waals surface area (Å²) in [6.07, 6.45) is 0. The number of aryl methyl sites for hydroxylation is 2. The molecule has 4 atom stereocenters. The highest BCUT2D eigenvalue weighted by molar-refractivity contribution is 14.1. The summed E-state index contributed by atoms with van der Waals surface area (Å²) in [5, 5.41) is 0. The van der Waals surface area contributed by atoms with Crippen LogP contribution in [0.15, 0.2) is 133 Å². The molecule has 1 saturated heterocycles. The fraction of sp³-hybridized carbons (Fsp3) is 0.146. The molecular formula is C41H30INO3. The number of imide groups is 1. The lowest BCUT2D eigenvalue weighted by molar-refractivity contribution is -0.130. The Morgan fingerprint density at radius 1 is 0.543 bits per heavy atom. The maximum absolute atomic E-state index is 15.9. The number of carbonyl (C=O) groups is 3. The van der Waals surface area contributed by atoms with Crippen molar-refractivity contribution in [1.82, 2.24) is 0 Å². The van der Waals surface area contributed by atoms with Gasteiger partial charge in [0.05, 0.1) is 28.4 Å². The molecule has 4 nitrogen and oxygen atoms in total. The van der Waals surface area contributed by atoms with E-state index in [1.807, 2.05) is 98.8 Å². The fourth-order valence-corrected chi connectivity index (χ4v) is 8.96. The van der Waals surface area contributed by atoms with Crippen molar-refractivity contribution in [1.29, 1.82) is 0 Å². The zero-order chi connectivity index (χ0) is 31.8. The van der Waals surface area contributed by atoms with Gasteiger partial charge in [-0.3, -0.25) is 14.4 Å². The molecule has 2 fully saturated rings. The number of benzene rings is 5. The third kappa shape index (κ3) is 3.69. The van der Waals surface area contributed by atoms with E-state index in [1.54, 1.807) is 0 Å². The molecule has 2 aliphatic carbocycles. The van der Waals surface area contributed by atoms with Crippen molar-refractivity contribution in [2.45, 2.75) is 24.7 Å². The zero-order valence-corrected chi connectivity index (χ0v) is 27.6. The summed E-state index contributed by atoms with van der Waals surface area (Å²) >= 11 is 2.20. The normalized spacial score (nSPS) is 25.0. The van der Waals surface area contributed by atoms with Gasteiger partial charge >= 0.3 is 0 Å². The van der Waals surface area contributed by atoms with E-state index >= 15 is 14.4 Å². The summed E-state index contributed by atoms with van der Waals surface area (Å²) in [5.41, 5.74) is 4.75. The monoisotopic (exact) mass is 711 g/mol. The Morgan fingerprint density at radius 2 is 0.978 bits per heavy atom. The van der Waals surface area contributed by atoms with E-state index in [0.29, 0.717) is 5.69 Å². The van der Waals surface area contributed by atoms with E-state index in [-0.39, 0.29) is 17.6 Å². The quantitative estimate of drug-likeness (QED) is 0.137. The Bertz CT molecular complexity index is 1960. The first-order valence-corrected chi connectivity index (χ1v) is 16.6. The molecule has 46 heavy (non-hydrogen) atoms. The van der Waals surface area contributed by atoms with Gasteiger partial charge in [0.2, 0.25) is 11.8 Å². The minimum absolute atomic E-state index is 0.109. The molecule has 5 heteroatoms. The number of halogens is 1. The van der Waals surface area contributed by atoms with Gasteiger partial charge in [-0.2, -0.15) is 0 Å². The highest BCUT2D eigenvalue weighted by Gasteiger charge is 2.82. The molecule has 0 spiro atoms. The lowest BCUT2D eigenvalue weighted by Gasteiger charge is -2.39. The Kier molecular flexibility index (Phi) is 6.55. The SMILES string of the molecule is Cc1ccc(C2=C(c3ccc(C)cc3)[C@@]3(c4ccccc4)C(=O)[C@@]2(c2ccccc2)[C@H]2C(=O)N(c4cccc(I)c4)C(=O)[C@@H]23)cc1. The number of amides is 2. The second-order valence-electron chi connectivity index (χ2n) is 12.6. The first-order valence-electron chi connectivity index (χ1n) is 15.5. The number of nitrogens with zero attached hydrogens (tertiary/aromatic N) is 1. The summed E-state index contributed by atoms with van der Waals surface area (Å²) in [5.74, 6) is -2.64. The van der Waals surface area contributed by atoms with E-state index in [0.717, 1.165) is 48.1 Å². The predicted molar refractivity (Wildman–Crippen MR) is 189 cm³/mol. The van der Waals surface area contributed by atoms with Crippen LogP contribution in [0.5, 0.6) is 0 Å². The molecule has 1 aliphatic heterocycles. The summed E-state index contributed by atoms with van der Waals surface area (Å²) < 4.78 is 0.918. The second-order valence-corrected chi connectivity index (χ2v) is 13.9. The first-order chi connectivity index (χ1) is 22.3. The van der Waals surface area contributed by atoms with Crippen molar-refractivity contribution in [3.63, 3.8) is 0 Å². The van der Waals surface area contributed by atoms with E-state index < -0.39 is 22.7 Å². The van der Waals surface area contributed by atoms with Gasteiger partial charge in [-0.25, -0.2) is 4.90 Å². The standard InChI is InChI=1S/C41H30INO3/c1-25-16-20-27(21-17-25)33-34(28-22-18-26(2)19-23-28)41(30-12-7-4-8-13-30)36-35(40(33,39(41)46)29-10-5-3-6-11-29)37(44)43(38(36)45)32-15-9-14-31(42)24-32/h3-24,35-36H,1-2H3/t35-,36-,40-,41-/m1/s1. The van der Waals surface area contributed by atoms with Crippen molar-refractivity contribution in [3.05, 3.63) is 170 Å². The number of allylic oxidation sites excluding steroid dienone is 2. The molecule has 0 unspecified atom stereocenters. The number of hydrogen-bond acceptors (Lipinski definition) is 3. The van der Waals surface area contributed by atoms with Crippen molar-refractivity contribution in [2.75, 3.05) is 4.90 Å². The van der Waals surface area contributed by atoms with Crippen LogP contribution in [-0.4, -0.2) is 17.6 Å². The van der Waals surface area contributed by atoms with E-state index in [2.05, 4.69) is 71.1 Å². The molecule has 5 aromatic rings. The van der Waals surface area contributed by atoms with Gasteiger partial charge in [-0.1, -0.05) is 126 Å². The predicted octanol–water partition coefficient (Wildman–Crippen LogP) is 8.10.